The van der Waals surface area contributed by atoms with Crippen LogP contribution >= 0.6 is 0 Å². The number of hydrogen-bond donors (Lipinski definition) is 1. The Balaban J connectivity index is 1.84. The van der Waals surface area contributed by atoms with Crippen molar-refractivity contribution in [1.82, 2.24) is 5.32 Å². The number of amides is 1. The zero-order chi connectivity index (χ0) is 20.8. The highest BCUT2D eigenvalue weighted by Crippen LogP contribution is 2.25. The van der Waals surface area contributed by atoms with Crippen molar-refractivity contribution < 1.29 is 9.53 Å². The zero-order valence-corrected chi connectivity index (χ0v) is 17.6. The summed E-state index contributed by atoms with van der Waals surface area (Å²) in [5, 5.41) is 3.21. The summed E-state index contributed by atoms with van der Waals surface area (Å²) in [4.78, 5) is 13.2. The molecule has 0 aliphatic rings. The van der Waals surface area contributed by atoms with Gasteiger partial charge in [0.05, 0.1) is 6.04 Å². The highest BCUT2D eigenvalue weighted by molar-refractivity contribution is 5.82. The summed E-state index contributed by atoms with van der Waals surface area (Å²) < 4.78 is 6.12. The Hall–Kier alpha value is -3.07. The minimum atomic E-state index is -0.549. The lowest BCUT2D eigenvalue weighted by Gasteiger charge is -2.24. The first-order chi connectivity index (χ1) is 14.0. The molecule has 3 aromatic carbocycles. The lowest BCUT2D eigenvalue weighted by Crippen LogP contribution is -2.40. The molecule has 1 N–H and O–H groups in total. The maximum atomic E-state index is 13.2. The molecule has 0 aliphatic carbocycles. The van der Waals surface area contributed by atoms with Gasteiger partial charge in [-0.15, -0.1) is 0 Å². The van der Waals surface area contributed by atoms with Crippen LogP contribution in [-0.2, 0) is 4.79 Å². The summed E-state index contributed by atoms with van der Waals surface area (Å²) in [6, 6.07) is 24.2. The van der Waals surface area contributed by atoms with Gasteiger partial charge in [0, 0.05) is 0 Å². The third-order valence-corrected chi connectivity index (χ3v) is 5.11. The van der Waals surface area contributed by atoms with Crippen LogP contribution in [0.25, 0.3) is 0 Å². The van der Waals surface area contributed by atoms with E-state index in [1.165, 1.54) is 5.56 Å². The van der Waals surface area contributed by atoms with E-state index >= 15 is 0 Å². The van der Waals surface area contributed by atoms with Crippen LogP contribution < -0.4 is 10.1 Å². The monoisotopic (exact) mass is 387 g/mol. The van der Waals surface area contributed by atoms with Gasteiger partial charge in [0.1, 0.15) is 5.75 Å². The fourth-order valence-electron chi connectivity index (χ4n) is 3.31. The fraction of sp³-hybridized carbons (Fsp3) is 0.269. The lowest BCUT2D eigenvalue weighted by molar-refractivity contribution is -0.128. The molecular formula is C26H29NO2. The minimum absolute atomic E-state index is 0.108. The maximum Gasteiger partial charge on any atom is 0.261 e. The van der Waals surface area contributed by atoms with E-state index < -0.39 is 6.10 Å². The first-order valence-electron chi connectivity index (χ1n) is 10.1. The molecule has 1 amide bonds. The molecule has 3 rings (SSSR count). The van der Waals surface area contributed by atoms with E-state index in [0.717, 1.165) is 28.0 Å². The van der Waals surface area contributed by atoms with Crippen molar-refractivity contribution >= 4 is 5.91 Å². The van der Waals surface area contributed by atoms with Crippen LogP contribution in [0.15, 0.2) is 72.8 Å². The van der Waals surface area contributed by atoms with Crippen LogP contribution in [0.1, 0.15) is 47.2 Å². The number of hydrogen-bond acceptors (Lipinski definition) is 2. The van der Waals surface area contributed by atoms with E-state index in [1.807, 2.05) is 69.3 Å². The topological polar surface area (TPSA) is 38.3 Å². The molecule has 29 heavy (non-hydrogen) atoms. The predicted molar refractivity (Wildman–Crippen MR) is 118 cm³/mol. The Morgan fingerprint density at radius 1 is 0.862 bits per heavy atom. The van der Waals surface area contributed by atoms with E-state index in [1.54, 1.807) is 0 Å². The molecule has 0 aliphatic heterocycles. The summed E-state index contributed by atoms with van der Waals surface area (Å²) in [6.07, 6.45) is 0.0430. The Bertz CT molecular complexity index is 948. The Kier molecular flexibility index (Phi) is 6.71. The van der Waals surface area contributed by atoms with E-state index in [4.69, 9.17) is 4.74 Å². The lowest BCUT2D eigenvalue weighted by atomic mass is 9.97. The third-order valence-electron chi connectivity index (χ3n) is 5.11. The van der Waals surface area contributed by atoms with Crippen molar-refractivity contribution in [1.29, 1.82) is 0 Å². The Morgan fingerprint density at radius 3 is 2.14 bits per heavy atom. The highest BCUT2D eigenvalue weighted by Gasteiger charge is 2.24. The fourth-order valence-corrected chi connectivity index (χ4v) is 3.31. The van der Waals surface area contributed by atoms with E-state index in [9.17, 15) is 4.79 Å². The van der Waals surface area contributed by atoms with Crippen LogP contribution in [-0.4, -0.2) is 12.0 Å². The molecule has 3 heteroatoms. The molecule has 0 aromatic heterocycles. The van der Waals surface area contributed by atoms with Gasteiger partial charge in [-0.1, -0.05) is 79.2 Å². The summed E-state index contributed by atoms with van der Waals surface area (Å²) in [7, 11) is 0. The molecule has 3 aromatic rings. The van der Waals surface area contributed by atoms with Gasteiger partial charge in [0.15, 0.2) is 6.10 Å². The third kappa shape index (κ3) is 5.26. The molecule has 0 radical (unpaired) electrons. The van der Waals surface area contributed by atoms with Crippen LogP contribution in [0, 0.1) is 20.8 Å². The second-order valence-electron chi connectivity index (χ2n) is 7.55. The average Bonchev–Trinajstić information content (AvgIpc) is 2.74. The first-order valence-corrected chi connectivity index (χ1v) is 10.1. The SMILES string of the molecule is CC[C@H](Oc1cc(C)ccc1C)C(=O)N[C@H](c1ccccc1)c1ccc(C)cc1. The summed E-state index contributed by atoms with van der Waals surface area (Å²) in [5.74, 6) is 0.654. The average molecular weight is 388 g/mol. The van der Waals surface area contributed by atoms with Crippen molar-refractivity contribution in [3.63, 3.8) is 0 Å². The number of benzene rings is 3. The van der Waals surface area contributed by atoms with Gasteiger partial charge < -0.3 is 10.1 Å². The van der Waals surface area contributed by atoms with Crippen LogP contribution in [0.5, 0.6) is 5.75 Å². The number of aryl methyl sites for hydroxylation is 3. The van der Waals surface area contributed by atoms with E-state index in [2.05, 4.69) is 36.5 Å². The molecule has 0 heterocycles. The van der Waals surface area contributed by atoms with Crippen LogP contribution in [0.3, 0.4) is 0 Å². The van der Waals surface area contributed by atoms with Crippen LogP contribution in [0.2, 0.25) is 0 Å². The van der Waals surface area contributed by atoms with Gasteiger partial charge in [0.2, 0.25) is 0 Å². The summed E-state index contributed by atoms with van der Waals surface area (Å²) >= 11 is 0. The molecule has 0 unspecified atom stereocenters. The van der Waals surface area contributed by atoms with Crippen molar-refractivity contribution in [2.24, 2.45) is 0 Å². The zero-order valence-electron chi connectivity index (χ0n) is 17.6. The number of carbonyl (C=O) groups excluding carboxylic acids is 1. The smallest absolute Gasteiger partial charge is 0.261 e. The van der Waals surface area contributed by atoms with E-state index in [0.29, 0.717) is 6.42 Å². The minimum Gasteiger partial charge on any atom is -0.480 e. The molecule has 2 atom stereocenters. The first kappa shape index (κ1) is 20.7. The molecular weight excluding hydrogens is 358 g/mol. The van der Waals surface area contributed by atoms with Gasteiger partial charge in [-0.2, -0.15) is 0 Å². The molecule has 0 bridgehead atoms. The van der Waals surface area contributed by atoms with Crippen molar-refractivity contribution in [2.75, 3.05) is 0 Å². The Morgan fingerprint density at radius 2 is 1.48 bits per heavy atom. The second kappa shape index (κ2) is 9.42. The van der Waals surface area contributed by atoms with Gasteiger partial charge >= 0.3 is 0 Å². The molecule has 0 fully saturated rings. The number of carbonyl (C=O) groups is 1. The van der Waals surface area contributed by atoms with Crippen molar-refractivity contribution in [2.45, 2.75) is 46.3 Å². The number of nitrogens with one attached hydrogen (secondary N) is 1. The van der Waals surface area contributed by atoms with Crippen molar-refractivity contribution in [3.05, 3.63) is 101 Å². The van der Waals surface area contributed by atoms with E-state index in [-0.39, 0.29) is 11.9 Å². The van der Waals surface area contributed by atoms with Gasteiger partial charge in [0.25, 0.3) is 5.91 Å². The van der Waals surface area contributed by atoms with Gasteiger partial charge in [-0.3, -0.25) is 4.79 Å². The maximum absolute atomic E-state index is 13.2. The predicted octanol–water partition coefficient (Wildman–Crippen LogP) is 5.68. The quantitative estimate of drug-likeness (QED) is 0.567. The number of rotatable bonds is 7. The largest absolute Gasteiger partial charge is 0.480 e. The normalized spacial score (nSPS) is 12.8. The standard InChI is InChI=1S/C26H29NO2/c1-5-23(29-24-17-19(3)11-14-20(24)4)26(28)27-25(21-9-7-6-8-10-21)22-15-12-18(2)13-16-22/h6-17,23,25H,5H2,1-4H3,(H,27,28)/t23-,25+/m0/s1. The molecule has 0 saturated heterocycles. The second-order valence-corrected chi connectivity index (χ2v) is 7.55. The van der Waals surface area contributed by atoms with Gasteiger partial charge in [-0.25, -0.2) is 0 Å². The van der Waals surface area contributed by atoms with Crippen LogP contribution in [0.4, 0.5) is 0 Å². The van der Waals surface area contributed by atoms with Gasteiger partial charge in [-0.05, 0) is 55.5 Å². The summed E-state index contributed by atoms with van der Waals surface area (Å²) in [6.45, 7) is 8.05. The Labute approximate surface area is 173 Å². The van der Waals surface area contributed by atoms with Crippen molar-refractivity contribution in [3.8, 4) is 5.75 Å². The summed E-state index contributed by atoms with van der Waals surface area (Å²) in [5.41, 5.74) is 5.43. The molecule has 3 nitrogen and oxygen atoms in total. The number of ether oxygens (including phenoxy) is 1. The molecule has 0 saturated carbocycles. The highest BCUT2D eigenvalue weighted by atomic mass is 16.5. The molecule has 150 valence electrons. The molecule has 0 spiro atoms.